The maximum absolute atomic E-state index is 12.2. The van der Waals surface area contributed by atoms with E-state index in [4.69, 9.17) is 14.2 Å². The quantitative estimate of drug-likeness (QED) is 0.324. The number of ether oxygens (including phenoxy) is 3. The van der Waals surface area contributed by atoms with Crippen molar-refractivity contribution in [3.63, 3.8) is 0 Å². The molecule has 1 saturated heterocycles. The van der Waals surface area contributed by atoms with Gasteiger partial charge in [0.15, 0.2) is 0 Å². The van der Waals surface area contributed by atoms with Crippen molar-refractivity contribution in [2.75, 3.05) is 0 Å². The van der Waals surface area contributed by atoms with Crippen LogP contribution in [-0.4, -0.2) is 47.4 Å². The van der Waals surface area contributed by atoms with Crippen LogP contribution in [0, 0.1) is 5.92 Å². The van der Waals surface area contributed by atoms with E-state index in [0.717, 1.165) is 0 Å². The Hall–Kier alpha value is -2.41. The minimum absolute atomic E-state index is 0.0157. The van der Waals surface area contributed by atoms with Gasteiger partial charge in [0.25, 0.3) is 0 Å². The predicted molar refractivity (Wildman–Crippen MR) is 80.4 cm³/mol. The summed E-state index contributed by atoms with van der Waals surface area (Å²) in [5.74, 6) is -2.33. The van der Waals surface area contributed by atoms with Gasteiger partial charge in [0, 0.05) is 18.9 Å². The molecule has 1 N–H and O–H groups in total. The lowest BCUT2D eigenvalue weighted by atomic mass is 9.87. The molecule has 3 aliphatic rings. The smallest absolute Gasteiger partial charge is 0.338 e. The zero-order valence-electron chi connectivity index (χ0n) is 13.4. The predicted octanol–water partition coefficient (Wildman–Crippen LogP) is 0.579. The van der Waals surface area contributed by atoms with E-state index in [2.05, 4.69) is 6.58 Å². The molecule has 0 amide bonds. The summed E-state index contributed by atoms with van der Waals surface area (Å²) in [6.07, 6.45) is -0.105. The first-order chi connectivity index (χ1) is 11.3. The molecule has 0 aromatic rings. The Labute approximate surface area is 138 Å². The first kappa shape index (κ1) is 16.4. The van der Waals surface area contributed by atoms with Crippen molar-refractivity contribution < 1.29 is 33.7 Å². The third-order valence-corrected chi connectivity index (χ3v) is 4.48. The highest BCUT2D eigenvalue weighted by Gasteiger charge is 2.48. The lowest BCUT2D eigenvalue weighted by Crippen LogP contribution is -2.29. The van der Waals surface area contributed by atoms with Crippen LogP contribution >= 0.6 is 0 Å². The van der Waals surface area contributed by atoms with Crippen LogP contribution in [0.15, 0.2) is 35.5 Å². The van der Waals surface area contributed by atoms with Crippen molar-refractivity contribution >= 4 is 17.9 Å². The van der Waals surface area contributed by atoms with Crippen LogP contribution in [0.3, 0.4) is 0 Å². The molecular weight excluding hydrogens is 316 g/mol. The molecule has 1 fully saturated rings. The molecule has 0 saturated carbocycles. The maximum Gasteiger partial charge on any atom is 0.338 e. The number of hydrogen-bond donors (Lipinski definition) is 1. The van der Waals surface area contributed by atoms with Crippen LogP contribution in [0.2, 0.25) is 0 Å². The van der Waals surface area contributed by atoms with Gasteiger partial charge in [-0.1, -0.05) is 6.58 Å². The number of carbonyl (C=O) groups is 3. The minimum atomic E-state index is -0.964. The van der Waals surface area contributed by atoms with Gasteiger partial charge in [0.2, 0.25) is 0 Å². The molecule has 7 heteroatoms. The molecule has 0 radical (unpaired) electrons. The Morgan fingerprint density at radius 2 is 1.88 bits per heavy atom. The standard InChI is InChI=1S/C17H18O7/c1-7-4-13-15(8(2)16(20)23-13)14-5-10(17(21)24-14)12(6-11(7)19)22-9(3)18/h4-5,11-15,19H,2,6H2,1,3H3. The Morgan fingerprint density at radius 1 is 1.25 bits per heavy atom. The number of rotatable bonds is 1. The lowest BCUT2D eigenvalue weighted by molar-refractivity contribution is -0.148. The highest BCUT2D eigenvalue weighted by molar-refractivity contribution is 5.94. The molecule has 1 aliphatic carbocycles. The number of hydrogen-bond acceptors (Lipinski definition) is 7. The highest BCUT2D eigenvalue weighted by atomic mass is 16.6. The first-order valence-electron chi connectivity index (χ1n) is 7.64. The number of esters is 3. The van der Waals surface area contributed by atoms with Crippen LogP contribution in [0.5, 0.6) is 0 Å². The fourth-order valence-corrected chi connectivity index (χ4v) is 3.21. The molecule has 0 aromatic heterocycles. The SMILES string of the molecule is C=C1C(=O)OC2C=C(C)C(O)CC(OC(C)=O)C3=CC(OC3=O)C12. The number of fused-ring (bicyclic) bond motifs is 3. The lowest BCUT2D eigenvalue weighted by Gasteiger charge is -2.23. The largest absolute Gasteiger partial charge is 0.457 e. The topological polar surface area (TPSA) is 99.1 Å². The minimum Gasteiger partial charge on any atom is -0.457 e. The van der Waals surface area contributed by atoms with E-state index >= 15 is 0 Å². The third kappa shape index (κ3) is 2.75. The molecule has 5 atom stereocenters. The Kier molecular flexibility index (Phi) is 4.04. The summed E-state index contributed by atoms with van der Waals surface area (Å²) >= 11 is 0. The molecule has 24 heavy (non-hydrogen) atoms. The van der Waals surface area contributed by atoms with Crippen molar-refractivity contribution in [1.82, 2.24) is 0 Å². The summed E-state index contributed by atoms with van der Waals surface area (Å²) in [7, 11) is 0. The average Bonchev–Trinajstić information content (AvgIpc) is 2.98. The van der Waals surface area contributed by atoms with Crippen LogP contribution in [-0.2, 0) is 28.6 Å². The van der Waals surface area contributed by atoms with Crippen LogP contribution < -0.4 is 0 Å². The normalized spacial score (nSPS) is 35.5. The van der Waals surface area contributed by atoms with Gasteiger partial charge >= 0.3 is 17.9 Å². The number of aliphatic hydroxyl groups is 1. The van der Waals surface area contributed by atoms with E-state index in [9.17, 15) is 19.5 Å². The molecule has 2 bridgehead atoms. The average molecular weight is 334 g/mol. The van der Waals surface area contributed by atoms with E-state index in [1.54, 1.807) is 13.0 Å². The van der Waals surface area contributed by atoms with Crippen molar-refractivity contribution in [2.45, 2.75) is 44.7 Å². The summed E-state index contributed by atoms with van der Waals surface area (Å²) in [4.78, 5) is 35.4. The maximum atomic E-state index is 12.2. The molecule has 2 aliphatic heterocycles. The van der Waals surface area contributed by atoms with E-state index in [1.165, 1.54) is 13.0 Å². The van der Waals surface area contributed by atoms with E-state index in [0.29, 0.717) is 5.57 Å². The fourth-order valence-electron chi connectivity index (χ4n) is 3.21. The fraction of sp³-hybridized carbons (Fsp3) is 0.471. The van der Waals surface area contributed by atoms with Crippen LogP contribution in [0.25, 0.3) is 0 Å². The highest BCUT2D eigenvalue weighted by Crippen LogP contribution is 2.38. The Morgan fingerprint density at radius 3 is 2.54 bits per heavy atom. The molecule has 0 aromatic carbocycles. The van der Waals surface area contributed by atoms with Crippen LogP contribution in [0.1, 0.15) is 20.3 Å². The second-order valence-electron chi connectivity index (χ2n) is 6.17. The van der Waals surface area contributed by atoms with Gasteiger partial charge in [-0.25, -0.2) is 9.59 Å². The summed E-state index contributed by atoms with van der Waals surface area (Å²) in [6, 6.07) is 0. The Bertz CT molecular complexity index is 687. The molecular formula is C17H18O7. The van der Waals surface area contributed by atoms with Gasteiger partial charge in [0.05, 0.1) is 17.6 Å². The summed E-state index contributed by atoms with van der Waals surface area (Å²) in [5.41, 5.74) is 0.923. The summed E-state index contributed by atoms with van der Waals surface area (Å²) < 4.78 is 15.8. The van der Waals surface area contributed by atoms with Crippen molar-refractivity contribution in [3.05, 3.63) is 35.5 Å². The van der Waals surface area contributed by atoms with Gasteiger partial charge in [-0.15, -0.1) is 0 Å². The number of carbonyl (C=O) groups excluding carboxylic acids is 3. The van der Waals surface area contributed by atoms with Crippen molar-refractivity contribution in [2.24, 2.45) is 5.92 Å². The molecule has 3 rings (SSSR count). The first-order valence-corrected chi connectivity index (χ1v) is 7.64. The van der Waals surface area contributed by atoms with E-state index < -0.39 is 48.2 Å². The van der Waals surface area contributed by atoms with Gasteiger partial charge in [0.1, 0.15) is 18.3 Å². The summed E-state index contributed by atoms with van der Waals surface area (Å²) in [6.45, 7) is 6.64. The second kappa shape index (κ2) is 5.90. The summed E-state index contributed by atoms with van der Waals surface area (Å²) in [5, 5.41) is 10.3. The van der Waals surface area contributed by atoms with E-state index in [-0.39, 0.29) is 17.6 Å². The monoisotopic (exact) mass is 334 g/mol. The zero-order chi connectivity index (χ0) is 17.6. The van der Waals surface area contributed by atoms with E-state index in [1.807, 2.05) is 0 Å². The number of aliphatic hydroxyl groups excluding tert-OH is 1. The molecule has 5 unspecified atom stereocenters. The Balaban J connectivity index is 2.04. The molecule has 2 heterocycles. The van der Waals surface area contributed by atoms with Gasteiger partial charge < -0.3 is 19.3 Å². The van der Waals surface area contributed by atoms with Crippen molar-refractivity contribution in [1.29, 1.82) is 0 Å². The van der Waals surface area contributed by atoms with Gasteiger partial charge in [-0.2, -0.15) is 0 Å². The van der Waals surface area contributed by atoms with Crippen molar-refractivity contribution in [3.8, 4) is 0 Å². The second-order valence-corrected chi connectivity index (χ2v) is 6.17. The van der Waals surface area contributed by atoms with Gasteiger partial charge in [-0.3, -0.25) is 4.79 Å². The van der Waals surface area contributed by atoms with Gasteiger partial charge in [-0.05, 0) is 24.6 Å². The third-order valence-electron chi connectivity index (χ3n) is 4.48. The molecule has 0 spiro atoms. The van der Waals surface area contributed by atoms with Crippen LogP contribution in [0.4, 0.5) is 0 Å². The zero-order valence-corrected chi connectivity index (χ0v) is 13.4. The molecule has 128 valence electrons. The molecule has 7 nitrogen and oxygen atoms in total.